The predicted octanol–water partition coefficient (Wildman–Crippen LogP) is 2.98. The molecule has 1 aromatic heterocycles. The Bertz CT molecular complexity index is 695. The third kappa shape index (κ3) is 4.96. The number of rotatable bonds is 7. The Balaban J connectivity index is 2.12. The summed E-state index contributed by atoms with van der Waals surface area (Å²) in [6.07, 6.45) is 0.663. The van der Waals surface area contributed by atoms with E-state index in [4.69, 9.17) is 9.26 Å². The number of likely N-dealkylation sites (N-methyl/N-ethyl adjacent to an activating group) is 1. The first-order chi connectivity index (χ1) is 11.9. The lowest BCUT2D eigenvalue weighted by atomic mass is 10.1. The number of nitrogens with one attached hydrogen (secondary N) is 2. The summed E-state index contributed by atoms with van der Waals surface area (Å²) in [7, 11) is 5.56. The van der Waals surface area contributed by atoms with Gasteiger partial charge in [0.05, 0.1) is 13.2 Å². The van der Waals surface area contributed by atoms with Gasteiger partial charge in [0.1, 0.15) is 17.1 Å². The van der Waals surface area contributed by atoms with Gasteiger partial charge in [0.25, 0.3) is 0 Å². The highest BCUT2D eigenvalue weighted by Gasteiger charge is 2.19. The number of carbonyl (C=O) groups is 1. The number of aryl methyl sites for hydroxylation is 2. The monoisotopic (exact) mass is 346 g/mol. The molecule has 0 radical (unpaired) electrons. The van der Waals surface area contributed by atoms with Gasteiger partial charge in [-0.05, 0) is 38.7 Å². The molecule has 25 heavy (non-hydrogen) atoms. The first-order valence-corrected chi connectivity index (χ1v) is 8.26. The number of methoxy groups -OCH3 is 1. The summed E-state index contributed by atoms with van der Waals surface area (Å²) < 4.78 is 10.4. The van der Waals surface area contributed by atoms with Gasteiger partial charge in [-0.2, -0.15) is 0 Å². The van der Waals surface area contributed by atoms with Crippen LogP contribution in [0.4, 0.5) is 10.5 Å². The highest BCUT2D eigenvalue weighted by atomic mass is 16.5. The number of benzene rings is 1. The Morgan fingerprint density at radius 3 is 2.56 bits per heavy atom. The van der Waals surface area contributed by atoms with E-state index in [1.54, 1.807) is 14.0 Å². The molecule has 2 N–H and O–H groups in total. The van der Waals surface area contributed by atoms with Gasteiger partial charge in [0.2, 0.25) is 0 Å². The van der Waals surface area contributed by atoms with E-state index in [0.717, 1.165) is 11.3 Å². The predicted molar refractivity (Wildman–Crippen MR) is 97.1 cm³/mol. The molecule has 7 heteroatoms. The van der Waals surface area contributed by atoms with Crippen LogP contribution in [-0.2, 0) is 6.42 Å². The Hall–Kier alpha value is -2.54. The maximum atomic E-state index is 12.5. The Morgan fingerprint density at radius 2 is 2.00 bits per heavy atom. The number of hydrogen-bond acceptors (Lipinski definition) is 5. The van der Waals surface area contributed by atoms with Crippen LogP contribution in [0.2, 0.25) is 0 Å². The van der Waals surface area contributed by atoms with Crippen molar-refractivity contribution in [2.45, 2.75) is 26.3 Å². The van der Waals surface area contributed by atoms with Crippen molar-refractivity contribution >= 4 is 11.7 Å². The number of urea groups is 1. The molecule has 0 bridgehead atoms. The van der Waals surface area contributed by atoms with E-state index in [2.05, 4.69) is 15.8 Å². The third-order valence-electron chi connectivity index (χ3n) is 3.86. The second-order valence-electron chi connectivity index (χ2n) is 6.11. The van der Waals surface area contributed by atoms with Crippen molar-refractivity contribution in [2.75, 3.05) is 33.1 Å². The van der Waals surface area contributed by atoms with Gasteiger partial charge in [-0.15, -0.1) is 0 Å². The van der Waals surface area contributed by atoms with Crippen LogP contribution in [0.15, 0.2) is 28.8 Å². The minimum absolute atomic E-state index is 0.161. The second kappa shape index (κ2) is 8.53. The van der Waals surface area contributed by atoms with Crippen molar-refractivity contribution in [3.8, 4) is 5.75 Å². The summed E-state index contributed by atoms with van der Waals surface area (Å²) in [6.45, 7) is 4.43. The maximum absolute atomic E-state index is 12.5. The zero-order valence-electron chi connectivity index (χ0n) is 15.4. The van der Waals surface area contributed by atoms with E-state index >= 15 is 0 Å². The van der Waals surface area contributed by atoms with Crippen LogP contribution in [0, 0.1) is 6.92 Å². The molecule has 0 spiro atoms. The van der Waals surface area contributed by atoms with Crippen molar-refractivity contribution in [3.63, 3.8) is 0 Å². The molecule has 1 aromatic carbocycles. The van der Waals surface area contributed by atoms with Crippen LogP contribution < -0.4 is 15.4 Å². The molecule has 136 valence electrons. The van der Waals surface area contributed by atoms with Gasteiger partial charge in [0, 0.05) is 13.0 Å². The summed E-state index contributed by atoms with van der Waals surface area (Å²) in [5.41, 5.74) is 2.31. The van der Waals surface area contributed by atoms with Gasteiger partial charge in [-0.3, -0.25) is 0 Å². The fraction of sp³-hybridized carbons (Fsp3) is 0.444. The van der Waals surface area contributed by atoms with E-state index in [-0.39, 0.29) is 12.1 Å². The quantitative estimate of drug-likeness (QED) is 0.806. The molecule has 0 aliphatic carbocycles. The average molecular weight is 346 g/mol. The molecular weight excluding hydrogens is 320 g/mol. The zero-order chi connectivity index (χ0) is 18.4. The fourth-order valence-corrected chi connectivity index (χ4v) is 2.56. The summed E-state index contributed by atoms with van der Waals surface area (Å²) in [4.78, 5) is 14.5. The summed E-state index contributed by atoms with van der Waals surface area (Å²) in [6, 6.07) is 7.23. The van der Waals surface area contributed by atoms with Crippen LogP contribution >= 0.6 is 0 Å². The number of aromatic nitrogens is 1. The molecule has 0 aliphatic rings. The molecular formula is C18H26N4O3. The van der Waals surface area contributed by atoms with Gasteiger partial charge >= 0.3 is 6.03 Å². The second-order valence-corrected chi connectivity index (χ2v) is 6.11. The maximum Gasteiger partial charge on any atom is 0.319 e. The number of anilines is 1. The minimum atomic E-state index is -0.288. The van der Waals surface area contributed by atoms with Crippen molar-refractivity contribution in [2.24, 2.45) is 0 Å². The molecule has 7 nitrogen and oxygen atoms in total. The molecule has 0 saturated heterocycles. The molecule has 2 amide bonds. The lowest BCUT2D eigenvalue weighted by Crippen LogP contribution is -2.38. The Labute approximate surface area is 148 Å². The first-order valence-electron chi connectivity index (χ1n) is 8.26. The van der Waals surface area contributed by atoms with Crippen molar-refractivity contribution in [1.29, 1.82) is 0 Å². The summed E-state index contributed by atoms with van der Waals surface area (Å²) in [5, 5.41) is 9.78. The molecule has 2 aromatic rings. The van der Waals surface area contributed by atoms with E-state index in [9.17, 15) is 4.79 Å². The molecule has 1 atom stereocenters. The van der Waals surface area contributed by atoms with Crippen molar-refractivity contribution in [3.05, 3.63) is 41.3 Å². The highest BCUT2D eigenvalue weighted by molar-refractivity contribution is 5.90. The normalized spacial score (nSPS) is 12.1. The Kier molecular flexibility index (Phi) is 6.41. The lowest BCUT2D eigenvalue weighted by Gasteiger charge is -2.23. The van der Waals surface area contributed by atoms with Gasteiger partial charge in [-0.25, -0.2) is 4.79 Å². The van der Waals surface area contributed by atoms with Crippen LogP contribution in [0.1, 0.15) is 30.0 Å². The molecule has 0 saturated carbocycles. The van der Waals surface area contributed by atoms with Crippen molar-refractivity contribution < 1.29 is 14.1 Å². The molecule has 0 aliphatic heterocycles. The fourth-order valence-electron chi connectivity index (χ4n) is 2.56. The number of nitrogens with zero attached hydrogens (tertiary/aromatic N) is 2. The van der Waals surface area contributed by atoms with E-state index in [1.165, 1.54) is 0 Å². The zero-order valence-corrected chi connectivity index (χ0v) is 15.4. The minimum Gasteiger partial charge on any atom is -0.497 e. The SMILES string of the molecule is CCc1onc(C)c1NC(=O)NC(CN(C)C)c1ccc(OC)cc1. The molecule has 2 rings (SSSR count). The van der Waals surface area contributed by atoms with E-state index in [0.29, 0.717) is 30.1 Å². The molecule has 1 heterocycles. The first kappa shape index (κ1) is 18.8. The van der Waals surface area contributed by atoms with Crippen LogP contribution in [0.25, 0.3) is 0 Å². The van der Waals surface area contributed by atoms with Gasteiger partial charge in [0.15, 0.2) is 5.76 Å². The standard InChI is InChI=1S/C18H26N4O3/c1-6-16-17(12(2)21-25-16)20-18(23)19-15(11-22(3)4)13-7-9-14(24-5)10-8-13/h7-10,15H,6,11H2,1-5H3,(H2,19,20,23). The largest absolute Gasteiger partial charge is 0.497 e. The third-order valence-corrected chi connectivity index (χ3v) is 3.86. The van der Waals surface area contributed by atoms with E-state index < -0.39 is 0 Å². The number of hydrogen-bond donors (Lipinski definition) is 2. The number of amides is 2. The number of carbonyl (C=O) groups excluding carboxylic acids is 1. The molecule has 0 fully saturated rings. The van der Waals surface area contributed by atoms with Crippen LogP contribution in [-0.4, -0.2) is 43.8 Å². The average Bonchev–Trinajstić information content (AvgIpc) is 2.94. The van der Waals surface area contributed by atoms with Gasteiger partial charge < -0.3 is 24.8 Å². The van der Waals surface area contributed by atoms with Crippen molar-refractivity contribution in [1.82, 2.24) is 15.4 Å². The Morgan fingerprint density at radius 1 is 1.32 bits per heavy atom. The highest BCUT2D eigenvalue weighted by Crippen LogP contribution is 2.22. The van der Waals surface area contributed by atoms with E-state index in [1.807, 2.05) is 50.2 Å². The molecule has 1 unspecified atom stereocenters. The van der Waals surface area contributed by atoms with Crippen LogP contribution in [0.5, 0.6) is 5.75 Å². The summed E-state index contributed by atoms with van der Waals surface area (Å²) >= 11 is 0. The topological polar surface area (TPSA) is 79.6 Å². The summed E-state index contributed by atoms with van der Waals surface area (Å²) in [5.74, 6) is 1.45. The van der Waals surface area contributed by atoms with Crippen LogP contribution in [0.3, 0.4) is 0 Å². The van der Waals surface area contributed by atoms with Gasteiger partial charge in [-0.1, -0.05) is 24.2 Å². The smallest absolute Gasteiger partial charge is 0.319 e. The lowest BCUT2D eigenvalue weighted by molar-refractivity contribution is 0.244. The number of ether oxygens (including phenoxy) is 1.